The van der Waals surface area contributed by atoms with Gasteiger partial charge in [0.25, 0.3) is 0 Å². The molecule has 0 radical (unpaired) electrons. The molecule has 6 heteroatoms. The van der Waals surface area contributed by atoms with Crippen LogP contribution in [0.1, 0.15) is 5.56 Å². The van der Waals surface area contributed by atoms with Crippen LogP contribution in [-0.4, -0.2) is 0 Å². The predicted molar refractivity (Wildman–Crippen MR) is 90.6 cm³/mol. The van der Waals surface area contributed by atoms with Crippen LogP contribution in [-0.2, 0) is 6.54 Å². The van der Waals surface area contributed by atoms with Gasteiger partial charge in [0.1, 0.15) is 0 Å². The van der Waals surface area contributed by atoms with Crippen molar-refractivity contribution in [2.24, 2.45) is 0 Å². The van der Waals surface area contributed by atoms with Crippen LogP contribution in [0.3, 0.4) is 0 Å². The summed E-state index contributed by atoms with van der Waals surface area (Å²) in [6, 6.07) is 9.52. The minimum atomic E-state index is 0.499. The van der Waals surface area contributed by atoms with Gasteiger partial charge in [-0.05, 0) is 61.7 Å². The van der Waals surface area contributed by atoms with Crippen LogP contribution in [0, 0.1) is 0 Å². The molecule has 0 fully saturated rings. The molecule has 0 amide bonds. The molecule has 0 saturated heterocycles. The number of benzene rings is 2. The summed E-state index contributed by atoms with van der Waals surface area (Å²) in [6.45, 7) is 0.616. The summed E-state index contributed by atoms with van der Waals surface area (Å²) in [7, 11) is 0. The Morgan fingerprint density at radius 3 is 2.26 bits per heavy atom. The van der Waals surface area contributed by atoms with Crippen LogP contribution in [0.4, 0.5) is 5.69 Å². The molecule has 2 rings (SSSR count). The molecule has 0 unspecified atom stereocenters. The number of rotatable bonds is 3. The van der Waals surface area contributed by atoms with E-state index in [1.54, 1.807) is 0 Å². The van der Waals surface area contributed by atoms with Gasteiger partial charge in [-0.2, -0.15) is 0 Å². The molecule has 0 saturated carbocycles. The van der Waals surface area contributed by atoms with Crippen molar-refractivity contribution in [2.75, 3.05) is 5.32 Å². The van der Waals surface area contributed by atoms with E-state index in [2.05, 4.69) is 37.2 Å². The van der Waals surface area contributed by atoms with E-state index < -0.39 is 0 Å². The minimum Gasteiger partial charge on any atom is -0.380 e. The van der Waals surface area contributed by atoms with Crippen molar-refractivity contribution in [2.45, 2.75) is 6.54 Å². The Hall–Kier alpha value is 0.0700. The normalized spacial score (nSPS) is 10.6. The van der Waals surface area contributed by atoms with Crippen LogP contribution in [0.5, 0.6) is 0 Å². The predicted octanol–water partition coefficient (Wildman–Crippen LogP) is 6.78. The Morgan fingerprint density at radius 2 is 1.58 bits per heavy atom. The fourth-order valence-corrected chi connectivity index (χ4v) is 2.80. The Balaban J connectivity index is 2.14. The first-order valence-corrected chi connectivity index (χ1v) is 8.02. The van der Waals surface area contributed by atoms with Gasteiger partial charge >= 0.3 is 0 Å². The first-order valence-electron chi connectivity index (χ1n) is 5.30. The van der Waals surface area contributed by atoms with Crippen molar-refractivity contribution >= 4 is 72.4 Å². The van der Waals surface area contributed by atoms with E-state index in [0.29, 0.717) is 21.6 Å². The topological polar surface area (TPSA) is 12.0 Å². The van der Waals surface area contributed by atoms with Crippen molar-refractivity contribution in [3.05, 3.63) is 59.9 Å². The molecule has 2 aromatic carbocycles. The second-order valence-corrected chi connectivity index (χ2v) is 6.70. The molecule has 0 aromatic heterocycles. The molecule has 0 aliphatic heterocycles. The zero-order chi connectivity index (χ0) is 14.0. The quantitative estimate of drug-likeness (QED) is 0.515. The number of halogens is 5. The molecule has 0 atom stereocenters. The maximum Gasteiger partial charge on any atom is 0.0835 e. The number of nitrogens with one attached hydrogen (secondary N) is 1. The maximum absolute atomic E-state index is 6.16. The fourth-order valence-electron chi connectivity index (χ4n) is 1.51. The number of anilines is 1. The summed E-state index contributed by atoms with van der Waals surface area (Å²) < 4.78 is 1.65. The molecule has 0 heterocycles. The summed E-state index contributed by atoms with van der Waals surface area (Å²) >= 11 is 25.0. The summed E-state index contributed by atoms with van der Waals surface area (Å²) in [4.78, 5) is 0. The van der Waals surface area contributed by atoms with Crippen LogP contribution in [0.25, 0.3) is 0 Å². The lowest BCUT2D eigenvalue weighted by molar-refractivity contribution is 1.15. The SMILES string of the molecule is Clc1cc(CNc2ccc(Br)c(Cl)c2Cl)ccc1Br. The van der Waals surface area contributed by atoms with E-state index in [0.717, 1.165) is 20.2 Å². The lowest BCUT2D eigenvalue weighted by Crippen LogP contribution is -2.00. The van der Waals surface area contributed by atoms with Gasteiger partial charge in [0.05, 0.1) is 20.8 Å². The highest BCUT2D eigenvalue weighted by Gasteiger charge is 2.08. The lowest BCUT2D eigenvalue weighted by Gasteiger charge is -2.11. The first-order chi connectivity index (χ1) is 8.99. The highest BCUT2D eigenvalue weighted by molar-refractivity contribution is 9.10. The average molecular weight is 444 g/mol. The van der Waals surface area contributed by atoms with E-state index in [9.17, 15) is 0 Å². The molecule has 0 bridgehead atoms. The average Bonchev–Trinajstić information content (AvgIpc) is 2.39. The van der Waals surface area contributed by atoms with E-state index in [-0.39, 0.29) is 0 Å². The minimum absolute atomic E-state index is 0.499. The van der Waals surface area contributed by atoms with Crippen molar-refractivity contribution in [3.8, 4) is 0 Å². The summed E-state index contributed by atoms with van der Waals surface area (Å²) in [5.74, 6) is 0. The molecular weight excluding hydrogens is 436 g/mol. The van der Waals surface area contributed by atoms with Crippen LogP contribution >= 0.6 is 66.7 Å². The third-order valence-electron chi connectivity index (χ3n) is 2.50. The van der Waals surface area contributed by atoms with Crippen molar-refractivity contribution in [1.29, 1.82) is 0 Å². The molecule has 0 aliphatic carbocycles. The van der Waals surface area contributed by atoms with Gasteiger partial charge in [-0.1, -0.05) is 40.9 Å². The molecule has 19 heavy (non-hydrogen) atoms. The Bertz CT molecular complexity index is 617. The second-order valence-electron chi connectivity index (χ2n) is 3.82. The van der Waals surface area contributed by atoms with Crippen LogP contribution < -0.4 is 5.32 Å². The molecule has 100 valence electrons. The van der Waals surface area contributed by atoms with Gasteiger partial charge in [0, 0.05) is 15.5 Å². The monoisotopic (exact) mass is 441 g/mol. The molecule has 0 aliphatic rings. The maximum atomic E-state index is 6.16. The highest BCUT2D eigenvalue weighted by atomic mass is 79.9. The first kappa shape index (κ1) is 15.5. The van der Waals surface area contributed by atoms with E-state index in [4.69, 9.17) is 34.8 Å². The Labute approximate surface area is 143 Å². The third-order valence-corrected chi connectivity index (χ3v) is 5.51. The summed E-state index contributed by atoms with van der Waals surface area (Å²) in [5.41, 5.74) is 1.84. The zero-order valence-electron chi connectivity index (χ0n) is 9.48. The molecule has 2 aromatic rings. The Kier molecular flexibility index (Phi) is 5.44. The van der Waals surface area contributed by atoms with Crippen LogP contribution in [0.15, 0.2) is 39.3 Å². The third kappa shape index (κ3) is 3.79. The van der Waals surface area contributed by atoms with Gasteiger partial charge in [-0.3, -0.25) is 0 Å². The zero-order valence-corrected chi connectivity index (χ0v) is 14.9. The lowest BCUT2D eigenvalue weighted by atomic mass is 10.2. The van der Waals surface area contributed by atoms with Gasteiger partial charge in [-0.25, -0.2) is 0 Å². The highest BCUT2D eigenvalue weighted by Crippen LogP contribution is 2.36. The van der Waals surface area contributed by atoms with Crippen LogP contribution in [0.2, 0.25) is 15.1 Å². The molecular formula is C13H8Br2Cl3N. The van der Waals surface area contributed by atoms with E-state index >= 15 is 0 Å². The smallest absolute Gasteiger partial charge is 0.0835 e. The summed E-state index contributed by atoms with van der Waals surface area (Å²) in [6.07, 6.45) is 0. The fraction of sp³-hybridized carbons (Fsp3) is 0.0769. The Morgan fingerprint density at radius 1 is 0.895 bits per heavy atom. The number of hydrogen-bond donors (Lipinski definition) is 1. The van der Waals surface area contributed by atoms with E-state index in [1.807, 2.05) is 30.3 Å². The molecule has 0 spiro atoms. The molecule has 1 N–H and O–H groups in total. The van der Waals surface area contributed by atoms with Gasteiger partial charge in [0.15, 0.2) is 0 Å². The van der Waals surface area contributed by atoms with Crippen molar-refractivity contribution in [1.82, 2.24) is 0 Å². The standard InChI is InChI=1S/C13H8Br2Cl3N/c14-8-2-1-7(5-10(8)16)6-19-11-4-3-9(15)12(17)13(11)18/h1-5,19H,6H2. The van der Waals surface area contributed by atoms with Gasteiger partial charge < -0.3 is 5.32 Å². The summed E-state index contributed by atoms with van der Waals surface area (Å²) in [5, 5.41) is 4.91. The largest absolute Gasteiger partial charge is 0.380 e. The van der Waals surface area contributed by atoms with E-state index in [1.165, 1.54) is 0 Å². The van der Waals surface area contributed by atoms with Gasteiger partial charge in [-0.15, -0.1) is 0 Å². The second kappa shape index (κ2) is 6.68. The van der Waals surface area contributed by atoms with Crippen molar-refractivity contribution in [3.63, 3.8) is 0 Å². The van der Waals surface area contributed by atoms with Crippen molar-refractivity contribution < 1.29 is 0 Å². The van der Waals surface area contributed by atoms with Gasteiger partial charge in [0.2, 0.25) is 0 Å². The molecule has 1 nitrogen and oxygen atoms in total. The number of hydrogen-bond acceptors (Lipinski definition) is 1.